The van der Waals surface area contributed by atoms with Gasteiger partial charge in [-0.15, -0.1) is 0 Å². The van der Waals surface area contributed by atoms with Crippen LogP contribution in [0.3, 0.4) is 0 Å². The summed E-state index contributed by atoms with van der Waals surface area (Å²) >= 11 is 0. The Hall–Kier alpha value is -1.65. The molecule has 1 aromatic rings. The molecule has 0 aromatic carbocycles. The molecule has 1 fully saturated rings. The van der Waals surface area contributed by atoms with E-state index in [1.54, 1.807) is 0 Å². The van der Waals surface area contributed by atoms with Crippen LogP contribution in [0.4, 0.5) is 5.95 Å². The van der Waals surface area contributed by atoms with E-state index in [0.29, 0.717) is 18.4 Å². The quantitative estimate of drug-likeness (QED) is 0.762. The number of hydrogen-bond donors (Lipinski definition) is 0. The van der Waals surface area contributed by atoms with Gasteiger partial charge >= 0.3 is 5.97 Å². The first-order valence-electron chi connectivity index (χ1n) is 6.26. The molecular weight excluding hydrogens is 230 g/mol. The molecular formula is C13H19N3O2. The van der Waals surface area contributed by atoms with Crippen LogP contribution in [0.2, 0.25) is 0 Å². The Bertz CT molecular complexity index is 417. The Morgan fingerprint density at radius 3 is 2.67 bits per heavy atom. The Morgan fingerprint density at radius 2 is 2.11 bits per heavy atom. The monoisotopic (exact) mass is 249 g/mol. The predicted octanol–water partition coefficient (Wildman–Crippen LogP) is 1.60. The maximum absolute atomic E-state index is 11.4. The summed E-state index contributed by atoms with van der Waals surface area (Å²) in [6.45, 7) is 5.68. The molecule has 1 atom stereocenters. The molecule has 0 N–H and O–H groups in total. The summed E-state index contributed by atoms with van der Waals surface area (Å²) in [6.07, 6.45) is 4.53. The van der Waals surface area contributed by atoms with Gasteiger partial charge in [0, 0.05) is 25.5 Å². The van der Waals surface area contributed by atoms with Crippen molar-refractivity contribution in [2.24, 2.45) is 5.92 Å². The highest BCUT2D eigenvalue weighted by atomic mass is 16.5. The normalized spacial score (nSPS) is 19.3. The smallest absolute Gasteiger partial charge is 0.310 e. The van der Waals surface area contributed by atoms with Gasteiger partial charge in [0.25, 0.3) is 0 Å². The third-order valence-corrected chi connectivity index (χ3v) is 3.33. The summed E-state index contributed by atoms with van der Waals surface area (Å²) in [4.78, 5) is 22.2. The van der Waals surface area contributed by atoms with E-state index in [1.165, 1.54) is 7.11 Å². The first-order chi connectivity index (χ1) is 8.61. The van der Waals surface area contributed by atoms with Crippen molar-refractivity contribution >= 4 is 11.9 Å². The third kappa shape index (κ3) is 2.60. The van der Waals surface area contributed by atoms with Crippen molar-refractivity contribution < 1.29 is 9.53 Å². The number of carbonyl (C=O) groups is 1. The summed E-state index contributed by atoms with van der Waals surface area (Å²) in [6, 6.07) is 0. The molecule has 2 rings (SSSR count). The van der Waals surface area contributed by atoms with Gasteiger partial charge < -0.3 is 9.64 Å². The van der Waals surface area contributed by atoms with Gasteiger partial charge in [0.1, 0.15) is 0 Å². The Balaban J connectivity index is 2.03. The minimum Gasteiger partial charge on any atom is -0.469 e. The number of nitrogens with zero attached hydrogens (tertiary/aromatic N) is 3. The number of anilines is 1. The first kappa shape index (κ1) is 12.8. The lowest BCUT2D eigenvalue weighted by molar-refractivity contribution is -0.144. The summed E-state index contributed by atoms with van der Waals surface area (Å²) in [5.41, 5.74) is 1.13. The number of hydrogen-bond acceptors (Lipinski definition) is 5. The van der Waals surface area contributed by atoms with E-state index >= 15 is 0 Å². The Labute approximate surface area is 107 Å². The van der Waals surface area contributed by atoms with E-state index in [4.69, 9.17) is 4.74 Å². The molecule has 0 radical (unpaired) electrons. The average molecular weight is 249 g/mol. The van der Waals surface area contributed by atoms with E-state index in [9.17, 15) is 4.79 Å². The van der Waals surface area contributed by atoms with Crippen molar-refractivity contribution in [2.45, 2.75) is 26.2 Å². The van der Waals surface area contributed by atoms with E-state index in [0.717, 1.165) is 18.5 Å². The summed E-state index contributed by atoms with van der Waals surface area (Å²) in [5.74, 6) is 0.936. The van der Waals surface area contributed by atoms with Crippen molar-refractivity contribution in [1.29, 1.82) is 0 Å². The zero-order valence-electron chi connectivity index (χ0n) is 11.1. The number of rotatable bonds is 3. The molecule has 1 saturated heterocycles. The van der Waals surface area contributed by atoms with Crippen LogP contribution in [0.5, 0.6) is 0 Å². The fourth-order valence-corrected chi connectivity index (χ4v) is 2.09. The predicted molar refractivity (Wildman–Crippen MR) is 68.5 cm³/mol. The van der Waals surface area contributed by atoms with E-state index in [2.05, 4.69) is 23.8 Å². The maximum Gasteiger partial charge on any atom is 0.310 e. The standard InChI is InChI=1S/C13H19N3O2/c1-9(2)11-6-14-13(15-7-11)16-5-4-10(8-16)12(17)18-3/h6-7,9-10H,4-5,8H2,1-3H3. The van der Waals surface area contributed by atoms with Crippen molar-refractivity contribution in [1.82, 2.24) is 9.97 Å². The van der Waals surface area contributed by atoms with Crippen molar-refractivity contribution in [3.8, 4) is 0 Å². The van der Waals surface area contributed by atoms with E-state index in [-0.39, 0.29) is 11.9 Å². The molecule has 0 aliphatic carbocycles. The average Bonchev–Trinajstić information content (AvgIpc) is 2.87. The van der Waals surface area contributed by atoms with Crippen LogP contribution in [-0.2, 0) is 9.53 Å². The number of aromatic nitrogens is 2. The fraction of sp³-hybridized carbons (Fsp3) is 0.615. The molecule has 0 spiro atoms. The van der Waals surface area contributed by atoms with E-state index in [1.807, 2.05) is 17.3 Å². The first-order valence-corrected chi connectivity index (χ1v) is 6.26. The van der Waals surface area contributed by atoms with Crippen LogP contribution in [0.25, 0.3) is 0 Å². The molecule has 18 heavy (non-hydrogen) atoms. The van der Waals surface area contributed by atoms with Gasteiger partial charge in [-0.3, -0.25) is 4.79 Å². The minimum atomic E-state index is -0.142. The van der Waals surface area contributed by atoms with Crippen LogP contribution < -0.4 is 4.90 Å². The molecule has 0 amide bonds. The molecule has 0 saturated carbocycles. The maximum atomic E-state index is 11.4. The van der Waals surface area contributed by atoms with Crippen LogP contribution in [0.1, 0.15) is 31.7 Å². The van der Waals surface area contributed by atoms with Gasteiger partial charge in [-0.25, -0.2) is 9.97 Å². The second kappa shape index (κ2) is 5.33. The van der Waals surface area contributed by atoms with Crippen molar-refractivity contribution in [2.75, 3.05) is 25.1 Å². The third-order valence-electron chi connectivity index (χ3n) is 3.33. The molecule has 98 valence electrons. The highest BCUT2D eigenvalue weighted by Crippen LogP contribution is 2.22. The zero-order valence-corrected chi connectivity index (χ0v) is 11.1. The number of methoxy groups -OCH3 is 1. The Kier molecular flexibility index (Phi) is 3.79. The molecule has 5 heteroatoms. The minimum absolute atomic E-state index is 0.0524. The summed E-state index contributed by atoms with van der Waals surface area (Å²) in [5, 5.41) is 0. The van der Waals surface area contributed by atoms with Gasteiger partial charge in [0.2, 0.25) is 5.95 Å². The number of carbonyl (C=O) groups excluding carboxylic acids is 1. The lowest BCUT2D eigenvalue weighted by atomic mass is 10.1. The van der Waals surface area contributed by atoms with Crippen LogP contribution in [0.15, 0.2) is 12.4 Å². The van der Waals surface area contributed by atoms with Crippen LogP contribution in [-0.4, -0.2) is 36.1 Å². The largest absolute Gasteiger partial charge is 0.469 e. The van der Waals surface area contributed by atoms with Gasteiger partial charge in [-0.1, -0.05) is 13.8 Å². The van der Waals surface area contributed by atoms with Gasteiger partial charge in [-0.2, -0.15) is 0 Å². The number of esters is 1. The van der Waals surface area contributed by atoms with Crippen LogP contribution >= 0.6 is 0 Å². The fourth-order valence-electron chi connectivity index (χ4n) is 2.09. The van der Waals surface area contributed by atoms with Gasteiger partial charge in [0.15, 0.2) is 0 Å². The SMILES string of the molecule is COC(=O)C1CCN(c2ncc(C(C)C)cn2)C1. The lowest BCUT2D eigenvalue weighted by Gasteiger charge is -2.16. The molecule has 2 heterocycles. The molecule has 1 aliphatic heterocycles. The number of ether oxygens (including phenoxy) is 1. The van der Waals surface area contributed by atoms with Gasteiger partial charge in [0.05, 0.1) is 13.0 Å². The molecule has 1 aromatic heterocycles. The van der Waals surface area contributed by atoms with Crippen LogP contribution in [0, 0.1) is 5.92 Å². The van der Waals surface area contributed by atoms with Crippen molar-refractivity contribution in [3.63, 3.8) is 0 Å². The zero-order chi connectivity index (χ0) is 13.1. The second-order valence-electron chi connectivity index (χ2n) is 4.93. The molecule has 1 aliphatic rings. The van der Waals surface area contributed by atoms with E-state index < -0.39 is 0 Å². The highest BCUT2D eigenvalue weighted by Gasteiger charge is 2.30. The highest BCUT2D eigenvalue weighted by molar-refractivity contribution is 5.73. The molecule has 0 bridgehead atoms. The Morgan fingerprint density at radius 1 is 1.44 bits per heavy atom. The summed E-state index contributed by atoms with van der Waals surface area (Å²) < 4.78 is 4.76. The molecule has 1 unspecified atom stereocenters. The second-order valence-corrected chi connectivity index (χ2v) is 4.93. The van der Waals surface area contributed by atoms with Crippen molar-refractivity contribution in [3.05, 3.63) is 18.0 Å². The summed E-state index contributed by atoms with van der Waals surface area (Å²) in [7, 11) is 1.43. The topological polar surface area (TPSA) is 55.3 Å². The van der Waals surface area contributed by atoms with Gasteiger partial charge in [-0.05, 0) is 17.9 Å². The molecule has 5 nitrogen and oxygen atoms in total. The lowest BCUT2D eigenvalue weighted by Crippen LogP contribution is -2.25.